The molecule has 0 aliphatic rings. The summed E-state index contributed by atoms with van der Waals surface area (Å²) in [7, 11) is 0. The molecule has 0 heterocycles. The van der Waals surface area contributed by atoms with Gasteiger partial charge in [-0.05, 0) is 49.2 Å². The molecule has 0 N–H and O–H groups in total. The molecule has 0 saturated carbocycles. The van der Waals surface area contributed by atoms with Crippen LogP contribution >= 0.6 is 0 Å². The van der Waals surface area contributed by atoms with Gasteiger partial charge in [0.25, 0.3) is 0 Å². The Bertz CT molecular complexity index is 662. The maximum absolute atomic E-state index is 12.1. The van der Waals surface area contributed by atoms with E-state index in [1.54, 1.807) is 48.5 Å². The van der Waals surface area contributed by atoms with Crippen molar-refractivity contribution in [2.45, 2.75) is 39.2 Å². The number of esters is 2. The minimum Gasteiger partial charge on any atom is -0.459 e. The zero-order valence-electron chi connectivity index (χ0n) is 14.0. The van der Waals surface area contributed by atoms with Gasteiger partial charge in [-0.2, -0.15) is 0 Å². The molecule has 1 unspecified atom stereocenters. The van der Waals surface area contributed by atoms with Crippen LogP contribution in [0.25, 0.3) is 0 Å². The second kappa shape index (κ2) is 8.87. The van der Waals surface area contributed by atoms with Gasteiger partial charge >= 0.3 is 11.9 Å². The Labute approximate surface area is 142 Å². The number of rotatable bonds is 7. The molecule has 1 atom stereocenters. The van der Waals surface area contributed by atoms with Crippen molar-refractivity contribution >= 4 is 11.9 Å². The number of hydrogen-bond acceptors (Lipinski definition) is 4. The molecule has 0 amide bonds. The molecule has 0 spiro atoms. The molecule has 4 nitrogen and oxygen atoms in total. The number of hydrogen-bond donors (Lipinski definition) is 0. The van der Waals surface area contributed by atoms with Gasteiger partial charge in [0, 0.05) is 0 Å². The lowest BCUT2D eigenvalue weighted by molar-refractivity contribution is 0.0271. The first-order valence-corrected chi connectivity index (χ1v) is 8.22. The molecule has 0 saturated heterocycles. The summed E-state index contributed by atoms with van der Waals surface area (Å²) in [5.74, 6) is -0.340. The number of benzene rings is 2. The van der Waals surface area contributed by atoms with E-state index >= 15 is 0 Å². The van der Waals surface area contributed by atoms with Gasteiger partial charge in [-0.1, -0.05) is 38.5 Å². The zero-order chi connectivity index (χ0) is 17.4. The Balaban J connectivity index is 1.99. The smallest absolute Gasteiger partial charge is 0.343 e. The second-order valence-corrected chi connectivity index (χ2v) is 5.50. The summed E-state index contributed by atoms with van der Waals surface area (Å²) < 4.78 is 10.7. The van der Waals surface area contributed by atoms with E-state index in [0.29, 0.717) is 16.9 Å². The second-order valence-electron chi connectivity index (χ2n) is 5.50. The van der Waals surface area contributed by atoms with Gasteiger partial charge in [-0.3, -0.25) is 0 Å². The van der Waals surface area contributed by atoms with Crippen LogP contribution in [0.15, 0.2) is 54.6 Å². The van der Waals surface area contributed by atoms with Crippen molar-refractivity contribution in [2.24, 2.45) is 0 Å². The topological polar surface area (TPSA) is 52.6 Å². The third-order valence-electron chi connectivity index (χ3n) is 3.65. The number of carbonyl (C=O) groups excluding carboxylic acids is 2. The van der Waals surface area contributed by atoms with Crippen LogP contribution in [0.5, 0.6) is 5.75 Å². The van der Waals surface area contributed by atoms with Gasteiger partial charge in [0.05, 0.1) is 11.1 Å². The quantitative estimate of drug-likeness (QED) is 0.549. The fourth-order valence-corrected chi connectivity index (χ4v) is 2.28. The molecule has 24 heavy (non-hydrogen) atoms. The van der Waals surface area contributed by atoms with Crippen molar-refractivity contribution in [2.75, 3.05) is 0 Å². The summed E-state index contributed by atoms with van der Waals surface area (Å²) in [5.41, 5.74) is 0.816. The first kappa shape index (κ1) is 17.7. The van der Waals surface area contributed by atoms with Gasteiger partial charge in [-0.15, -0.1) is 0 Å². The SMILES string of the molecule is CCCC(CC)OC(=O)c1ccc(C(=O)Oc2ccccc2)cc1. The summed E-state index contributed by atoms with van der Waals surface area (Å²) in [6.45, 7) is 4.06. The molecule has 0 aromatic heterocycles. The van der Waals surface area contributed by atoms with E-state index in [1.807, 2.05) is 13.0 Å². The van der Waals surface area contributed by atoms with E-state index in [-0.39, 0.29) is 12.1 Å². The number of carbonyl (C=O) groups is 2. The first-order chi connectivity index (χ1) is 11.6. The highest BCUT2D eigenvalue weighted by atomic mass is 16.5. The predicted octanol–water partition coefficient (Wildman–Crippen LogP) is 4.64. The molecule has 0 aliphatic heterocycles. The maximum Gasteiger partial charge on any atom is 0.343 e. The van der Waals surface area contributed by atoms with E-state index in [4.69, 9.17) is 9.47 Å². The number of ether oxygens (including phenoxy) is 2. The lowest BCUT2D eigenvalue weighted by Gasteiger charge is -2.15. The number of para-hydroxylation sites is 1. The summed E-state index contributed by atoms with van der Waals surface area (Å²) in [6, 6.07) is 15.2. The highest BCUT2D eigenvalue weighted by Crippen LogP contribution is 2.14. The average molecular weight is 326 g/mol. The van der Waals surface area contributed by atoms with E-state index in [0.717, 1.165) is 19.3 Å². The van der Waals surface area contributed by atoms with E-state index in [2.05, 4.69) is 6.92 Å². The molecular weight excluding hydrogens is 304 g/mol. The van der Waals surface area contributed by atoms with E-state index < -0.39 is 5.97 Å². The molecule has 0 radical (unpaired) electrons. The van der Waals surface area contributed by atoms with Crippen molar-refractivity contribution in [1.82, 2.24) is 0 Å². The normalized spacial score (nSPS) is 11.6. The molecule has 0 bridgehead atoms. The summed E-state index contributed by atoms with van der Waals surface area (Å²) >= 11 is 0. The Morgan fingerprint density at radius 1 is 0.875 bits per heavy atom. The summed E-state index contributed by atoms with van der Waals surface area (Å²) in [4.78, 5) is 24.2. The van der Waals surface area contributed by atoms with E-state index in [9.17, 15) is 9.59 Å². The van der Waals surface area contributed by atoms with Gasteiger partial charge in [0.1, 0.15) is 11.9 Å². The molecule has 2 rings (SSSR count). The molecule has 2 aromatic carbocycles. The van der Waals surface area contributed by atoms with Gasteiger partial charge in [0.15, 0.2) is 0 Å². The largest absolute Gasteiger partial charge is 0.459 e. The fraction of sp³-hybridized carbons (Fsp3) is 0.300. The Hall–Kier alpha value is -2.62. The predicted molar refractivity (Wildman–Crippen MR) is 92.2 cm³/mol. The van der Waals surface area contributed by atoms with E-state index in [1.165, 1.54) is 0 Å². The molecular formula is C20H22O4. The van der Waals surface area contributed by atoms with Crippen molar-refractivity contribution in [3.05, 3.63) is 65.7 Å². The zero-order valence-corrected chi connectivity index (χ0v) is 14.0. The fourth-order valence-electron chi connectivity index (χ4n) is 2.28. The van der Waals surface area contributed by atoms with Crippen molar-refractivity contribution in [1.29, 1.82) is 0 Å². The van der Waals surface area contributed by atoms with Crippen LogP contribution in [0.3, 0.4) is 0 Å². The van der Waals surface area contributed by atoms with Crippen LogP contribution in [0.2, 0.25) is 0 Å². The van der Waals surface area contributed by atoms with Crippen LogP contribution in [0.1, 0.15) is 53.8 Å². The Morgan fingerprint density at radius 3 is 2.00 bits per heavy atom. The van der Waals surface area contributed by atoms with Crippen LogP contribution < -0.4 is 4.74 Å². The Kier molecular flexibility index (Phi) is 6.55. The van der Waals surface area contributed by atoms with Crippen LogP contribution in [0.4, 0.5) is 0 Å². The lowest BCUT2D eigenvalue weighted by Crippen LogP contribution is -2.17. The third kappa shape index (κ3) is 4.95. The van der Waals surface area contributed by atoms with Crippen molar-refractivity contribution < 1.29 is 19.1 Å². The van der Waals surface area contributed by atoms with Crippen LogP contribution in [0, 0.1) is 0 Å². The first-order valence-electron chi connectivity index (χ1n) is 8.22. The minimum absolute atomic E-state index is 0.0646. The molecule has 0 aliphatic carbocycles. The van der Waals surface area contributed by atoms with Crippen molar-refractivity contribution in [3.63, 3.8) is 0 Å². The molecule has 126 valence electrons. The maximum atomic E-state index is 12.1. The highest BCUT2D eigenvalue weighted by molar-refractivity contribution is 5.94. The summed E-state index contributed by atoms with van der Waals surface area (Å²) in [6.07, 6.45) is 2.55. The van der Waals surface area contributed by atoms with Gasteiger partial charge < -0.3 is 9.47 Å². The molecule has 2 aromatic rings. The monoisotopic (exact) mass is 326 g/mol. The molecule has 4 heteroatoms. The van der Waals surface area contributed by atoms with Crippen molar-refractivity contribution in [3.8, 4) is 5.75 Å². The van der Waals surface area contributed by atoms with Gasteiger partial charge in [-0.25, -0.2) is 9.59 Å². The minimum atomic E-state index is -0.460. The molecule has 0 fully saturated rings. The summed E-state index contributed by atoms with van der Waals surface area (Å²) in [5, 5.41) is 0. The van der Waals surface area contributed by atoms with Crippen LogP contribution in [-0.4, -0.2) is 18.0 Å². The van der Waals surface area contributed by atoms with Gasteiger partial charge in [0.2, 0.25) is 0 Å². The standard InChI is InChI=1S/C20H22O4/c1-3-8-17(4-2)23-19(21)15-11-13-16(14-12-15)20(22)24-18-9-6-5-7-10-18/h5-7,9-14,17H,3-4,8H2,1-2H3. The Morgan fingerprint density at radius 2 is 1.46 bits per heavy atom. The average Bonchev–Trinajstić information content (AvgIpc) is 2.62. The third-order valence-corrected chi connectivity index (χ3v) is 3.65. The lowest BCUT2D eigenvalue weighted by atomic mass is 10.1. The highest BCUT2D eigenvalue weighted by Gasteiger charge is 2.15. The van der Waals surface area contributed by atoms with Crippen LogP contribution in [-0.2, 0) is 4.74 Å².